The van der Waals surface area contributed by atoms with Gasteiger partial charge in [-0.1, -0.05) is 31.5 Å². The molecule has 0 aliphatic heterocycles. The Morgan fingerprint density at radius 3 is 2.50 bits per heavy atom. The van der Waals surface area contributed by atoms with Crippen LogP contribution in [0.2, 0.25) is 0 Å². The van der Waals surface area contributed by atoms with Crippen molar-refractivity contribution < 1.29 is 8.78 Å². The smallest absolute Gasteiger partial charge is 0.255 e. The molecule has 3 heteroatoms. The highest BCUT2D eigenvalue weighted by molar-refractivity contribution is 5.52. The molecule has 90 valence electrons. The van der Waals surface area contributed by atoms with Crippen LogP contribution in [0.3, 0.4) is 0 Å². The minimum Gasteiger partial charge on any atom is -0.366 e. The summed E-state index contributed by atoms with van der Waals surface area (Å²) in [4.78, 5) is 1.78. The van der Waals surface area contributed by atoms with E-state index in [-0.39, 0.29) is 6.54 Å². The number of unbranched alkanes of at least 4 members (excludes halogenated alkanes) is 1. The fourth-order valence-corrected chi connectivity index (χ4v) is 1.74. The number of aryl methyl sites for hydroxylation is 1. The zero-order valence-electron chi connectivity index (χ0n) is 9.92. The number of hydrogen-bond donors (Lipinski definition) is 0. The Morgan fingerprint density at radius 1 is 1.25 bits per heavy atom. The predicted octanol–water partition coefficient (Wildman–Crippen LogP) is 3.87. The molecule has 1 aromatic carbocycles. The van der Waals surface area contributed by atoms with Gasteiger partial charge in [-0.25, -0.2) is 8.78 Å². The number of halogens is 2. The van der Waals surface area contributed by atoms with Crippen LogP contribution in [-0.2, 0) is 0 Å². The molecule has 0 bridgehead atoms. The van der Waals surface area contributed by atoms with Gasteiger partial charge >= 0.3 is 0 Å². The summed E-state index contributed by atoms with van der Waals surface area (Å²) in [5.74, 6) is 0. The van der Waals surface area contributed by atoms with Crippen molar-refractivity contribution in [2.75, 3.05) is 18.0 Å². The van der Waals surface area contributed by atoms with E-state index in [0.717, 1.165) is 24.1 Å². The lowest BCUT2D eigenvalue weighted by molar-refractivity contribution is 0.154. The highest BCUT2D eigenvalue weighted by atomic mass is 19.3. The van der Waals surface area contributed by atoms with Gasteiger partial charge in [-0.2, -0.15) is 0 Å². The van der Waals surface area contributed by atoms with Gasteiger partial charge < -0.3 is 4.90 Å². The summed E-state index contributed by atoms with van der Waals surface area (Å²) < 4.78 is 25.0. The second-order valence-corrected chi connectivity index (χ2v) is 3.98. The van der Waals surface area contributed by atoms with E-state index in [2.05, 4.69) is 6.92 Å². The van der Waals surface area contributed by atoms with E-state index in [9.17, 15) is 8.78 Å². The highest BCUT2D eigenvalue weighted by Gasteiger charge is 2.13. The molecule has 0 aliphatic carbocycles. The maximum absolute atomic E-state index is 12.5. The monoisotopic (exact) mass is 227 g/mol. The molecule has 0 radical (unpaired) electrons. The van der Waals surface area contributed by atoms with E-state index in [0.29, 0.717) is 6.54 Å². The third-order valence-corrected chi connectivity index (χ3v) is 2.60. The van der Waals surface area contributed by atoms with Crippen LogP contribution in [0.5, 0.6) is 0 Å². The Labute approximate surface area is 96.1 Å². The number of hydrogen-bond acceptors (Lipinski definition) is 1. The molecule has 0 N–H and O–H groups in total. The molecule has 0 fully saturated rings. The van der Waals surface area contributed by atoms with Gasteiger partial charge in [-0.05, 0) is 25.0 Å². The lowest BCUT2D eigenvalue weighted by Gasteiger charge is -2.25. The van der Waals surface area contributed by atoms with Gasteiger partial charge in [-0.3, -0.25) is 0 Å². The Balaban J connectivity index is 2.78. The Kier molecular flexibility index (Phi) is 5.23. The fraction of sp³-hybridized carbons (Fsp3) is 0.538. The minimum absolute atomic E-state index is 0.176. The summed E-state index contributed by atoms with van der Waals surface area (Å²) in [6.45, 7) is 4.55. The van der Waals surface area contributed by atoms with Crippen molar-refractivity contribution in [3.8, 4) is 0 Å². The minimum atomic E-state index is -2.28. The molecule has 0 saturated carbocycles. The topological polar surface area (TPSA) is 3.24 Å². The molecule has 1 aromatic rings. The van der Waals surface area contributed by atoms with E-state index < -0.39 is 6.43 Å². The molecular formula is C13H19F2N. The first kappa shape index (κ1) is 12.9. The van der Waals surface area contributed by atoms with Crippen molar-refractivity contribution in [1.82, 2.24) is 0 Å². The van der Waals surface area contributed by atoms with Gasteiger partial charge in [0.05, 0.1) is 6.54 Å². The largest absolute Gasteiger partial charge is 0.366 e. The molecule has 0 aromatic heterocycles. The van der Waals surface area contributed by atoms with Crippen LogP contribution in [0.25, 0.3) is 0 Å². The average Bonchev–Trinajstić information content (AvgIpc) is 2.24. The van der Waals surface area contributed by atoms with Gasteiger partial charge in [0.25, 0.3) is 6.43 Å². The van der Waals surface area contributed by atoms with Crippen LogP contribution in [0, 0.1) is 6.92 Å². The number of anilines is 1. The third-order valence-electron chi connectivity index (χ3n) is 2.60. The first-order valence-corrected chi connectivity index (χ1v) is 5.74. The standard InChI is InChI=1S/C13H19F2N/c1-3-4-9-16(10-13(14)15)12-8-6-5-7-11(12)2/h5-8,13H,3-4,9-10H2,1-2H3. The lowest BCUT2D eigenvalue weighted by Crippen LogP contribution is -2.30. The molecular weight excluding hydrogens is 208 g/mol. The van der Waals surface area contributed by atoms with Gasteiger partial charge in [0.1, 0.15) is 0 Å². The van der Waals surface area contributed by atoms with Gasteiger partial charge in [0.2, 0.25) is 0 Å². The van der Waals surface area contributed by atoms with Crippen molar-refractivity contribution in [3.05, 3.63) is 29.8 Å². The van der Waals surface area contributed by atoms with E-state index >= 15 is 0 Å². The zero-order chi connectivity index (χ0) is 12.0. The summed E-state index contributed by atoms with van der Waals surface area (Å²) >= 11 is 0. The molecule has 0 unspecified atom stereocenters. The van der Waals surface area contributed by atoms with E-state index in [1.165, 1.54) is 0 Å². The SMILES string of the molecule is CCCCN(CC(F)F)c1ccccc1C. The van der Waals surface area contributed by atoms with Gasteiger partial charge in [-0.15, -0.1) is 0 Å². The van der Waals surface area contributed by atoms with Crippen LogP contribution in [0.15, 0.2) is 24.3 Å². The van der Waals surface area contributed by atoms with Crippen LogP contribution in [0.4, 0.5) is 14.5 Å². The summed E-state index contributed by atoms with van der Waals surface area (Å²) in [6, 6.07) is 7.69. The first-order valence-electron chi connectivity index (χ1n) is 5.74. The van der Waals surface area contributed by atoms with Crippen molar-refractivity contribution in [2.24, 2.45) is 0 Å². The second kappa shape index (κ2) is 6.46. The normalized spacial score (nSPS) is 10.8. The maximum Gasteiger partial charge on any atom is 0.255 e. The van der Waals surface area contributed by atoms with Crippen molar-refractivity contribution in [3.63, 3.8) is 0 Å². The zero-order valence-corrected chi connectivity index (χ0v) is 9.92. The molecule has 1 rings (SSSR count). The summed E-state index contributed by atoms with van der Waals surface area (Å²) in [7, 11) is 0. The van der Waals surface area contributed by atoms with Gasteiger partial charge in [0, 0.05) is 12.2 Å². The van der Waals surface area contributed by atoms with E-state index in [1.54, 1.807) is 4.90 Å². The molecule has 0 saturated heterocycles. The summed E-state index contributed by atoms with van der Waals surface area (Å²) in [6.07, 6.45) is -0.316. The predicted molar refractivity (Wildman–Crippen MR) is 64.3 cm³/mol. The number of nitrogens with zero attached hydrogens (tertiary/aromatic N) is 1. The third kappa shape index (κ3) is 3.80. The number of alkyl halides is 2. The maximum atomic E-state index is 12.5. The number of para-hydroxylation sites is 1. The van der Waals surface area contributed by atoms with Gasteiger partial charge in [0.15, 0.2) is 0 Å². The Morgan fingerprint density at radius 2 is 1.94 bits per heavy atom. The average molecular weight is 227 g/mol. The lowest BCUT2D eigenvalue weighted by atomic mass is 10.1. The van der Waals surface area contributed by atoms with Crippen LogP contribution < -0.4 is 4.90 Å². The summed E-state index contributed by atoms with van der Waals surface area (Å²) in [5.41, 5.74) is 1.98. The summed E-state index contributed by atoms with van der Waals surface area (Å²) in [5, 5.41) is 0. The molecule has 0 amide bonds. The molecule has 0 heterocycles. The molecule has 16 heavy (non-hydrogen) atoms. The van der Waals surface area contributed by atoms with Crippen molar-refractivity contribution in [1.29, 1.82) is 0 Å². The fourth-order valence-electron chi connectivity index (χ4n) is 1.74. The first-order chi connectivity index (χ1) is 7.65. The van der Waals surface area contributed by atoms with Crippen LogP contribution in [0.1, 0.15) is 25.3 Å². The quantitative estimate of drug-likeness (QED) is 0.713. The number of benzene rings is 1. The molecule has 1 nitrogen and oxygen atoms in total. The molecule has 0 atom stereocenters. The second-order valence-electron chi connectivity index (χ2n) is 3.98. The highest BCUT2D eigenvalue weighted by Crippen LogP contribution is 2.20. The molecule has 0 spiro atoms. The Hall–Kier alpha value is -1.12. The van der Waals surface area contributed by atoms with Crippen LogP contribution >= 0.6 is 0 Å². The Bertz CT molecular complexity index is 313. The number of rotatable bonds is 6. The van der Waals surface area contributed by atoms with Crippen molar-refractivity contribution >= 4 is 5.69 Å². The van der Waals surface area contributed by atoms with E-state index in [1.807, 2.05) is 31.2 Å². The van der Waals surface area contributed by atoms with E-state index in [4.69, 9.17) is 0 Å². The molecule has 0 aliphatic rings. The van der Waals surface area contributed by atoms with Crippen LogP contribution in [-0.4, -0.2) is 19.5 Å². The van der Waals surface area contributed by atoms with Crippen molar-refractivity contribution in [2.45, 2.75) is 33.1 Å².